The van der Waals surface area contributed by atoms with Crippen LogP contribution >= 0.6 is 0 Å². The number of likely N-dealkylation sites (tertiary alicyclic amines) is 1. The number of alkyl carbamates (subject to hydrolysis) is 1. The summed E-state index contributed by atoms with van der Waals surface area (Å²) >= 11 is 0. The van der Waals surface area contributed by atoms with E-state index >= 15 is 0 Å². The molecule has 1 aliphatic heterocycles. The monoisotopic (exact) mass is 338 g/mol. The van der Waals surface area contributed by atoms with Crippen LogP contribution in [0.4, 0.5) is 4.79 Å². The second-order valence-corrected chi connectivity index (χ2v) is 6.70. The van der Waals surface area contributed by atoms with E-state index in [0.29, 0.717) is 12.8 Å². The molecule has 0 aliphatic carbocycles. The number of nitrogens with one attached hydrogen (secondary N) is 1. The van der Waals surface area contributed by atoms with Gasteiger partial charge in [0.2, 0.25) is 5.91 Å². The van der Waals surface area contributed by atoms with E-state index in [0.717, 1.165) is 0 Å². The Kier molecular flexibility index (Phi) is 6.57. The number of hydrogen-bond acceptors (Lipinski definition) is 4. The Bertz CT molecular complexity index is 524. The summed E-state index contributed by atoms with van der Waals surface area (Å²) in [6.45, 7) is 12.4. The van der Waals surface area contributed by atoms with Gasteiger partial charge in [0.1, 0.15) is 17.7 Å². The lowest BCUT2D eigenvalue weighted by Crippen LogP contribution is -2.54. The number of amides is 2. The molecule has 0 spiro atoms. The molecule has 0 radical (unpaired) electrons. The highest BCUT2D eigenvalue weighted by molar-refractivity contribution is 5.90. The Balaban J connectivity index is 2.95. The van der Waals surface area contributed by atoms with Crippen LogP contribution in [-0.2, 0) is 14.3 Å². The molecular formula is C17H26N2O5. The van der Waals surface area contributed by atoms with Crippen molar-refractivity contribution in [1.82, 2.24) is 10.2 Å². The summed E-state index contributed by atoms with van der Waals surface area (Å²) in [5.41, 5.74) is -0.702. The normalized spacial score (nSPS) is 21.7. The van der Waals surface area contributed by atoms with Gasteiger partial charge < -0.3 is 20.1 Å². The second-order valence-electron chi connectivity index (χ2n) is 6.70. The van der Waals surface area contributed by atoms with Crippen LogP contribution in [0, 0.1) is 0 Å². The third-order valence-electron chi connectivity index (χ3n) is 3.63. The standard InChI is InChI=1S/C17H26N2O5/c1-6-8-12(18-16(23)24-17(3,4)5)14(20)19-11(7-2)9-10-13(19)15(21)22/h6-7,11-13H,1-2,8-10H2,3-5H3,(H,18,23)(H,21,22)/t11-,12-,13-/m0/s1. The SMILES string of the molecule is C=CC[C@H](NC(=O)OC(C)(C)C)C(=O)N1[C@@H](C=C)CC[C@H]1C(=O)O. The minimum Gasteiger partial charge on any atom is -0.480 e. The van der Waals surface area contributed by atoms with E-state index in [4.69, 9.17) is 4.74 Å². The lowest BCUT2D eigenvalue weighted by atomic mass is 10.1. The molecule has 0 aromatic heterocycles. The Hall–Kier alpha value is -2.31. The van der Waals surface area contributed by atoms with Gasteiger partial charge in [0, 0.05) is 0 Å². The minimum atomic E-state index is -1.07. The first-order chi connectivity index (χ1) is 11.1. The highest BCUT2D eigenvalue weighted by Crippen LogP contribution is 2.26. The smallest absolute Gasteiger partial charge is 0.408 e. The Morgan fingerprint density at radius 2 is 1.96 bits per heavy atom. The van der Waals surface area contributed by atoms with Crippen LogP contribution in [-0.4, -0.2) is 51.7 Å². The van der Waals surface area contributed by atoms with Crippen molar-refractivity contribution in [2.24, 2.45) is 0 Å². The molecule has 0 aromatic rings. The summed E-state index contributed by atoms with van der Waals surface area (Å²) in [6.07, 6.45) is 3.37. The molecular weight excluding hydrogens is 312 g/mol. The number of rotatable bonds is 6. The van der Waals surface area contributed by atoms with Gasteiger partial charge in [0.15, 0.2) is 0 Å². The van der Waals surface area contributed by atoms with Crippen LogP contribution in [0.2, 0.25) is 0 Å². The number of carboxylic acids is 1. The van der Waals surface area contributed by atoms with Crippen molar-refractivity contribution in [1.29, 1.82) is 0 Å². The largest absolute Gasteiger partial charge is 0.480 e. The summed E-state index contributed by atoms with van der Waals surface area (Å²) in [7, 11) is 0. The van der Waals surface area contributed by atoms with Crippen molar-refractivity contribution in [2.45, 2.75) is 63.8 Å². The Morgan fingerprint density at radius 1 is 1.33 bits per heavy atom. The fraction of sp³-hybridized carbons (Fsp3) is 0.588. The fourth-order valence-corrected chi connectivity index (χ4v) is 2.65. The van der Waals surface area contributed by atoms with Gasteiger partial charge in [-0.1, -0.05) is 12.2 Å². The van der Waals surface area contributed by atoms with Gasteiger partial charge in [-0.25, -0.2) is 9.59 Å². The van der Waals surface area contributed by atoms with E-state index < -0.39 is 35.7 Å². The number of ether oxygens (including phenoxy) is 1. The van der Waals surface area contributed by atoms with E-state index in [2.05, 4.69) is 18.5 Å². The van der Waals surface area contributed by atoms with Crippen molar-refractivity contribution in [3.8, 4) is 0 Å². The summed E-state index contributed by atoms with van der Waals surface area (Å²) in [4.78, 5) is 37.5. The van der Waals surface area contributed by atoms with Crippen molar-refractivity contribution in [3.63, 3.8) is 0 Å². The van der Waals surface area contributed by atoms with Gasteiger partial charge in [0.05, 0.1) is 6.04 Å². The van der Waals surface area contributed by atoms with Crippen LogP contribution in [0.3, 0.4) is 0 Å². The molecule has 0 bridgehead atoms. The molecule has 7 nitrogen and oxygen atoms in total. The zero-order valence-corrected chi connectivity index (χ0v) is 14.4. The van der Waals surface area contributed by atoms with Crippen LogP contribution in [0.5, 0.6) is 0 Å². The third kappa shape index (κ3) is 5.11. The predicted octanol–water partition coefficient (Wildman–Crippen LogP) is 2.09. The molecule has 0 unspecified atom stereocenters. The maximum atomic E-state index is 12.8. The molecule has 7 heteroatoms. The van der Waals surface area contributed by atoms with Gasteiger partial charge in [-0.3, -0.25) is 4.79 Å². The lowest BCUT2D eigenvalue weighted by Gasteiger charge is -2.31. The molecule has 1 aliphatic rings. The van der Waals surface area contributed by atoms with Crippen LogP contribution < -0.4 is 5.32 Å². The second kappa shape index (κ2) is 7.99. The molecule has 24 heavy (non-hydrogen) atoms. The van der Waals surface area contributed by atoms with Crippen molar-refractivity contribution in [3.05, 3.63) is 25.3 Å². The van der Waals surface area contributed by atoms with E-state index in [1.54, 1.807) is 26.8 Å². The van der Waals surface area contributed by atoms with Crippen LogP contribution in [0.15, 0.2) is 25.3 Å². The highest BCUT2D eigenvalue weighted by atomic mass is 16.6. The number of carbonyl (C=O) groups excluding carboxylic acids is 2. The zero-order valence-electron chi connectivity index (χ0n) is 14.4. The molecule has 1 heterocycles. The average Bonchev–Trinajstić information content (AvgIpc) is 2.88. The quantitative estimate of drug-likeness (QED) is 0.723. The van der Waals surface area contributed by atoms with E-state index in [9.17, 15) is 19.5 Å². The number of carbonyl (C=O) groups is 3. The molecule has 1 saturated heterocycles. The van der Waals surface area contributed by atoms with Gasteiger partial charge in [-0.15, -0.1) is 13.2 Å². The maximum Gasteiger partial charge on any atom is 0.408 e. The highest BCUT2D eigenvalue weighted by Gasteiger charge is 2.42. The molecule has 3 atom stereocenters. The first kappa shape index (κ1) is 19.7. The minimum absolute atomic E-state index is 0.171. The van der Waals surface area contributed by atoms with E-state index in [1.165, 1.54) is 11.0 Å². The average molecular weight is 338 g/mol. The summed E-state index contributed by atoms with van der Waals surface area (Å²) < 4.78 is 5.16. The zero-order chi connectivity index (χ0) is 18.5. The molecule has 134 valence electrons. The number of nitrogens with zero attached hydrogens (tertiary/aromatic N) is 1. The van der Waals surface area contributed by atoms with Crippen molar-refractivity contribution >= 4 is 18.0 Å². The van der Waals surface area contributed by atoms with Crippen molar-refractivity contribution in [2.75, 3.05) is 0 Å². The first-order valence-electron chi connectivity index (χ1n) is 7.88. The number of aliphatic carboxylic acids is 1. The van der Waals surface area contributed by atoms with Crippen LogP contribution in [0.1, 0.15) is 40.0 Å². The fourth-order valence-electron chi connectivity index (χ4n) is 2.65. The van der Waals surface area contributed by atoms with Gasteiger partial charge in [0.25, 0.3) is 0 Å². The summed E-state index contributed by atoms with van der Waals surface area (Å²) in [5.74, 6) is -1.54. The first-order valence-corrected chi connectivity index (χ1v) is 7.88. The lowest BCUT2D eigenvalue weighted by molar-refractivity contribution is -0.149. The Labute approximate surface area is 142 Å². The van der Waals surface area contributed by atoms with Gasteiger partial charge >= 0.3 is 12.1 Å². The number of hydrogen-bond donors (Lipinski definition) is 2. The number of carboxylic acid groups (broad SMARTS) is 1. The van der Waals surface area contributed by atoms with E-state index in [1.807, 2.05) is 0 Å². The molecule has 2 N–H and O–H groups in total. The van der Waals surface area contributed by atoms with Gasteiger partial charge in [-0.2, -0.15) is 0 Å². The summed E-state index contributed by atoms with van der Waals surface area (Å²) in [5, 5.41) is 11.8. The summed E-state index contributed by atoms with van der Waals surface area (Å²) in [6, 6.07) is -2.22. The van der Waals surface area contributed by atoms with Crippen LogP contribution in [0.25, 0.3) is 0 Å². The van der Waals surface area contributed by atoms with Gasteiger partial charge in [-0.05, 0) is 40.0 Å². The molecule has 0 aromatic carbocycles. The topological polar surface area (TPSA) is 95.9 Å². The molecule has 0 saturated carbocycles. The predicted molar refractivity (Wildman–Crippen MR) is 89.5 cm³/mol. The third-order valence-corrected chi connectivity index (χ3v) is 3.63. The van der Waals surface area contributed by atoms with E-state index in [-0.39, 0.29) is 12.5 Å². The Morgan fingerprint density at radius 3 is 2.42 bits per heavy atom. The molecule has 2 amide bonds. The molecule has 1 fully saturated rings. The maximum absolute atomic E-state index is 12.8. The molecule has 1 rings (SSSR count). The van der Waals surface area contributed by atoms with Crippen molar-refractivity contribution < 1.29 is 24.2 Å².